The van der Waals surface area contributed by atoms with Crippen molar-refractivity contribution in [2.45, 2.75) is 60.6 Å². The molecule has 1 aliphatic carbocycles. The molecule has 1 saturated carbocycles. The molecule has 0 aromatic carbocycles. The zero-order valence-corrected chi connectivity index (χ0v) is 12.5. The second kappa shape index (κ2) is 4.09. The standard InChI is InChI=1S/C15H26N2O/c1-7-17-11(8-10(2)16-17)9-12(18)13-14(3,4)15(13,5)6/h8,12-13,18H,7,9H2,1-6H3. The van der Waals surface area contributed by atoms with Crippen molar-refractivity contribution in [3.05, 3.63) is 17.5 Å². The van der Waals surface area contributed by atoms with Gasteiger partial charge >= 0.3 is 0 Å². The summed E-state index contributed by atoms with van der Waals surface area (Å²) in [5, 5.41) is 14.9. The average Bonchev–Trinajstić information content (AvgIpc) is 2.54. The minimum Gasteiger partial charge on any atom is -0.392 e. The van der Waals surface area contributed by atoms with Crippen LogP contribution in [0.3, 0.4) is 0 Å². The fourth-order valence-corrected chi connectivity index (χ4v) is 3.58. The Bertz CT molecular complexity index is 431. The van der Waals surface area contributed by atoms with E-state index in [1.165, 1.54) is 0 Å². The maximum Gasteiger partial charge on any atom is 0.0634 e. The molecule has 1 unspecified atom stereocenters. The summed E-state index contributed by atoms with van der Waals surface area (Å²) < 4.78 is 2.00. The summed E-state index contributed by atoms with van der Waals surface area (Å²) in [6.07, 6.45) is 0.447. The van der Waals surface area contributed by atoms with Gasteiger partial charge in [-0.25, -0.2) is 0 Å². The summed E-state index contributed by atoms with van der Waals surface area (Å²) in [5.74, 6) is 0.380. The molecule has 1 aliphatic rings. The quantitative estimate of drug-likeness (QED) is 0.892. The first-order valence-corrected chi connectivity index (χ1v) is 6.93. The normalized spacial score (nSPS) is 23.1. The summed E-state index contributed by atoms with van der Waals surface area (Å²) in [5.41, 5.74) is 2.66. The van der Waals surface area contributed by atoms with Crippen LogP contribution in [0.15, 0.2) is 6.07 Å². The number of aryl methyl sites for hydroxylation is 2. The van der Waals surface area contributed by atoms with Crippen LogP contribution in [0.25, 0.3) is 0 Å². The van der Waals surface area contributed by atoms with Gasteiger partial charge in [0.15, 0.2) is 0 Å². The monoisotopic (exact) mass is 250 g/mol. The van der Waals surface area contributed by atoms with Crippen molar-refractivity contribution in [3.8, 4) is 0 Å². The highest BCUT2D eigenvalue weighted by molar-refractivity contribution is 5.18. The van der Waals surface area contributed by atoms with Crippen LogP contribution in [0, 0.1) is 23.7 Å². The van der Waals surface area contributed by atoms with Gasteiger partial charge in [-0.3, -0.25) is 4.68 Å². The Morgan fingerprint density at radius 2 is 1.89 bits per heavy atom. The molecule has 3 nitrogen and oxygen atoms in total. The molecule has 2 rings (SSSR count). The average molecular weight is 250 g/mol. The first-order valence-electron chi connectivity index (χ1n) is 6.93. The number of aliphatic hydroxyl groups is 1. The molecular weight excluding hydrogens is 224 g/mol. The molecular formula is C15H26N2O. The highest BCUT2D eigenvalue weighted by Crippen LogP contribution is 2.69. The smallest absolute Gasteiger partial charge is 0.0634 e. The maximum atomic E-state index is 10.5. The Morgan fingerprint density at radius 1 is 1.33 bits per heavy atom. The summed E-state index contributed by atoms with van der Waals surface area (Å²) in [7, 11) is 0. The van der Waals surface area contributed by atoms with Gasteiger partial charge < -0.3 is 5.11 Å². The molecule has 1 aromatic heterocycles. The molecule has 1 aromatic rings. The van der Waals surface area contributed by atoms with Crippen LogP contribution in [-0.4, -0.2) is 21.0 Å². The predicted molar refractivity (Wildman–Crippen MR) is 73.4 cm³/mol. The molecule has 0 bridgehead atoms. The molecule has 1 fully saturated rings. The van der Waals surface area contributed by atoms with Gasteiger partial charge in [0.1, 0.15) is 0 Å². The summed E-state index contributed by atoms with van der Waals surface area (Å²) in [4.78, 5) is 0. The van der Waals surface area contributed by atoms with E-state index in [9.17, 15) is 5.11 Å². The maximum absolute atomic E-state index is 10.5. The van der Waals surface area contributed by atoms with Crippen molar-refractivity contribution >= 4 is 0 Å². The molecule has 1 N–H and O–H groups in total. The van der Waals surface area contributed by atoms with Crippen molar-refractivity contribution in [1.82, 2.24) is 9.78 Å². The van der Waals surface area contributed by atoms with Crippen LogP contribution in [0.4, 0.5) is 0 Å². The van der Waals surface area contributed by atoms with Gasteiger partial charge in [0.05, 0.1) is 11.8 Å². The lowest BCUT2D eigenvalue weighted by molar-refractivity contribution is 0.127. The van der Waals surface area contributed by atoms with Crippen LogP contribution in [0.1, 0.15) is 46.0 Å². The van der Waals surface area contributed by atoms with Crippen LogP contribution in [-0.2, 0) is 13.0 Å². The topological polar surface area (TPSA) is 38.0 Å². The molecule has 0 radical (unpaired) electrons. The van der Waals surface area contributed by atoms with E-state index in [4.69, 9.17) is 0 Å². The first kappa shape index (κ1) is 13.6. The molecule has 1 atom stereocenters. The van der Waals surface area contributed by atoms with Crippen molar-refractivity contribution in [2.75, 3.05) is 0 Å². The van der Waals surface area contributed by atoms with E-state index in [1.807, 2.05) is 11.6 Å². The zero-order valence-electron chi connectivity index (χ0n) is 12.5. The third-order valence-electron chi connectivity index (χ3n) is 5.22. The fraction of sp³-hybridized carbons (Fsp3) is 0.800. The van der Waals surface area contributed by atoms with Crippen molar-refractivity contribution in [2.24, 2.45) is 16.7 Å². The largest absolute Gasteiger partial charge is 0.392 e. The van der Waals surface area contributed by atoms with Crippen LogP contribution in [0.5, 0.6) is 0 Å². The predicted octanol–water partition coefficient (Wildman–Crippen LogP) is 2.80. The zero-order chi connectivity index (χ0) is 13.7. The highest BCUT2D eigenvalue weighted by atomic mass is 16.3. The lowest BCUT2D eigenvalue weighted by atomic mass is 10.0. The van der Waals surface area contributed by atoms with Gasteiger partial charge in [0.2, 0.25) is 0 Å². The Morgan fingerprint density at radius 3 is 2.33 bits per heavy atom. The molecule has 18 heavy (non-hydrogen) atoms. The molecule has 102 valence electrons. The van der Waals surface area contributed by atoms with Gasteiger partial charge in [-0.2, -0.15) is 5.10 Å². The molecule has 0 saturated heterocycles. The minimum absolute atomic E-state index is 0.235. The number of nitrogens with zero attached hydrogens (tertiary/aromatic N) is 2. The van der Waals surface area contributed by atoms with Crippen LogP contribution < -0.4 is 0 Å². The van der Waals surface area contributed by atoms with E-state index in [0.717, 1.165) is 17.9 Å². The molecule has 1 heterocycles. The number of aliphatic hydroxyl groups excluding tert-OH is 1. The molecule has 3 heteroatoms. The Hall–Kier alpha value is -0.830. The van der Waals surface area contributed by atoms with Crippen molar-refractivity contribution < 1.29 is 5.11 Å². The molecule has 0 spiro atoms. The van der Waals surface area contributed by atoms with Crippen LogP contribution in [0.2, 0.25) is 0 Å². The van der Waals surface area contributed by atoms with Gasteiger partial charge in [0.25, 0.3) is 0 Å². The second-order valence-electron chi connectivity index (χ2n) is 6.79. The van der Waals surface area contributed by atoms with E-state index >= 15 is 0 Å². The Labute approximate surface area is 110 Å². The van der Waals surface area contributed by atoms with E-state index in [2.05, 4.69) is 45.8 Å². The summed E-state index contributed by atoms with van der Waals surface area (Å²) in [6.45, 7) is 14.0. The van der Waals surface area contributed by atoms with Crippen molar-refractivity contribution in [1.29, 1.82) is 0 Å². The SMILES string of the molecule is CCn1nc(C)cc1CC(O)C1C(C)(C)C1(C)C. The number of hydrogen-bond donors (Lipinski definition) is 1. The highest BCUT2D eigenvalue weighted by Gasteiger charge is 2.66. The molecule has 0 amide bonds. The van der Waals surface area contributed by atoms with Gasteiger partial charge in [-0.05, 0) is 36.7 Å². The second-order valence-corrected chi connectivity index (χ2v) is 6.79. The lowest BCUT2D eigenvalue weighted by Crippen LogP contribution is -2.19. The number of aromatic nitrogens is 2. The van der Waals surface area contributed by atoms with Gasteiger partial charge in [-0.1, -0.05) is 27.7 Å². The summed E-state index contributed by atoms with van der Waals surface area (Å²) >= 11 is 0. The van der Waals surface area contributed by atoms with Crippen molar-refractivity contribution in [3.63, 3.8) is 0 Å². The van der Waals surface area contributed by atoms with E-state index < -0.39 is 0 Å². The Kier molecular flexibility index (Phi) is 3.09. The van der Waals surface area contributed by atoms with E-state index in [1.54, 1.807) is 0 Å². The first-order chi connectivity index (χ1) is 8.21. The van der Waals surface area contributed by atoms with E-state index in [0.29, 0.717) is 12.3 Å². The lowest BCUT2D eigenvalue weighted by Gasteiger charge is -2.13. The van der Waals surface area contributed by atoms with Gasteiger partial charge in [0, 0.05) is 18.7 Å². The number of rotatable bonds is 4. The fourth-order valence-electron chi connectivity index (χ4n) is 3.58. The minimum atomic E-state index is -0.267. The molecule has 0 aliphatic heterocycles. The third-order valence-corrected chi connectivity index (χ3v) is 5.22. The third kappa shape index (κ3) is 1.89. The van der Waals surface area contributed by atoms with Gasteiger partial charge in [-0.15, -0.1) is 0 Å². The van der Waals surface area contributed by atoms with Crippen LogP contribution >= 0.6 is 0 Å². The van der Waals surface area contributed by atoms with E-state index in [-0.39, 0.29) is 16.9 Å². The summed E-state index contributed by atoms with van der Waals surface area (Å²) in [6, 6.07) is 2.09. The Balaban J connectivity index is 2.11. The number of hydrogen-bond acceptors (Lipinski definition) is 2.